The molecule has 2 N–H and O–H groups in total. The molecule has 0 radical (unpaired) electrons. The van der Waals surface area contributed by atoms with Crippen LogP contribution >= 0.6 is 0 Å². The van der Waals surface area contributed by atoms with Crippen molar-refractivity contribution >= 4 is 5.91 Å². The Morgan fingerprint density at radius 2 is 1.83 bits per heavy atom. The quantitative estimate of drug-likeness (QED) is 0.907. The van der Waals surface area contributed by atoms with E-state index in [-0.39, 0.29) is 5.91 Å². The molecule has 2 atom stereocenters. The van der Waals surface area contributed by atoms with E-state index in [1.165, 1.54) is 12.8 Å². The summed E-state index contributed by atoms with van der Waals surface area (Å²) < 4.78 is 0. The van der Waals surface area contributed by atoms with Gasteiger partial charge < -0.3 is 10.2 Å². The van der Waals surface area contributed by atoms with Crippen LogP contribution in [0.5, 0.6) is 0 Å². The van der Waals surface area contributed by atoms with E-state index in [9.17, 15) is 4.79 Å². The number of hydrogen-bond acceptors (Lipinski definition) is 4. The second kappa shape index (κ2) is 6.02. The Labute approximate surface area is 141 Å². The average Bonchev–Trinajstić information content (AvgIpc) is 3.18. The minimum absolute atomic E-state index is 0.0963. The lowest BCUT2D eigenvalue weighted by atomic mass is 9.98. The summed E-state index contributed by atoms with van der Waals surface area (Å²) in [5, 5.41) is 10.6. The number of benzene rings is 1. The van der Waals surface area contributed by atoms with E-state index in [0.29, 0.717) is 23.9 Å². The molecule has 2 unspecified atom stereocenters. The molecule has 6 nitrogen and oxygen atoms in total. The lowest BCUT2D eigenvalue weighted by molar-refractivity contribution is 0.0681. The summed E-state index contributed by atoms with van der Waals surface area (Å²) in [6, 6.07) is 9.07. The second-order valence-electron chi connectivity index (χ2n) is 7.00. The van der Waals surface area contributed by atoms with E-state index in [1.807, 2.05) is 43.1 Å². The first-order valence-corrected chi connectivity index (χ1v) is 8.63. The number of aromatic nitrogens is 3. The van der Waals surface area contributed by atoms with Crippen LogP contribution < -0.4 is 5.32 Å². The molecule has 24 heavy (non-hydrogen) atoms. The molecule has 1 amide bonds. The van der Waals surface area contributed by atoms with Crippen molar-refractivity contribution in [2.75, 3.05) is 7.05 Å². The molecule has 2 bridgehead atoms. The van der Waals surface area contributed by atoms with Gasteiger partial charge in [0.1, 0.15) is 5.82 Å². The van der Waals surface area contributed by atoms with Crippen LogP contribution in [0.1, 0.15) is 41.9 Å². The maximum atomic E-state index is 12.8. The summed E-state index contributed by atoms with van der Waals surface area (Å²) in [5.41, 5.74) is 1.64. The lowest BCUT2D eigenvalue weighted by Crippen LogP contribution is -2.48. The van der Waals surface area contributed by atoms with Crippen LogP contribution in [0, 0.1) is 6.92 Å². The highest BCUT2D eigenvalue weighted by Gasteiger charge is 2.36. The summed E-state index contributed by atoms with van der Waals surface area (Å²) in [4.78, 5) is 19.0. The van der Waals surface area contributed by atoms with Crippen molar-refractivity contribution in [2.24, 2.45) is 0 Å². The van der Waals surface area contributed by atoms with Crippen LogP contribution in [0.2, 0.25) is 0 Å². The maximum absolute atomic E-state index is 12.8. The molecule has 6 heteroatoms. The van der Waals surface area contributed by atoms with Gasteiger partial charge in [-0.25, -0.2) is 4.98 Å². The van der Waals surface area contributed by atoms with Crippen LogP contribution in [0.4, 0.5) is 0 Å². The number of aryl methyl sites for hydroxylation is 1. The van der Waals surface area contributed by atoms with Crippen LogP contribution in [-0.2, 0) is 0 Å². The number of fused-ring (bicyclic) bond motifs is 2. The number of carbonyl (C=O) groups is 1. The number of hydrogen-bond donors (Lipinski definition) is 2. The predicted molar refractivity (Wildman–Crippen MR) is 91.6 cm³/mol. The number of carbonyl (C=O) groups excluding carboxylic acids is 1. The van der Waals surface area contributed by atoms with Gasteiger partial charge in [0.15, 0.2) is 5.82 Å². The molecular weight excluding hydrogens is 302 g/mol. The summed E-state index contributed by atoms with van der Waals surface area (Å²) >= 11 is 0. The smallest absolute Gasteiger partial charge is 0.253 e. The standard InChI is InChI=1S/C18H23N5O/c1-11-19-17(22-21-11)12-3-5-13(6-4-12)18(24)23(2)16-9-14-7-8-15(10-16)20-14/h3-6,14-16,20H,7-10H2,1-2H3,(H,19,21,22). The van der Waals surface area contributed by atoms with E-state index in [1.54, 1.807) is 0 Å². The highest BCUT2D eigenvalue weighted by Crippen LogP contribution is 2.30. The molecular formula is C18H23N5O. The fourth-order valence-electron chi connectivity index (χ4n) is 3.95. The molecule has 2 aromatic rings. The first-order valence-electron chi connectivity index (χ1n) is 8.63. The molecule has 2 aliphatic heterocycles. The SMILES string of the molecule is Cc1nc(-c2ccc(C(=O)N(C)C3CC4CCC(C3)N4)cc2)n[nH]1. The first kappa shape index (κ1) is 15.3. The van der Waals surface area contributed by atoms with E-state index in [0.717, 1.165) is 29.8 Å². The summed E-state index contributed by atoms with van der Waals surface area (Å²) in [6.45, 7) is 1.87. The van der Waals surface area contributed by atoms with Crippen molar-refractivity contribution < 1.29 is 4.79 Å². The molecule has 1 aromatic carbocycles. The Bertz CT molecular complexity index is 726. The Kier molecular flexibility index (Phi) is 3.84. The van der Waals surface area contributed by atoms with Gasteiger partial charge in [-0.2, -0.15) is 5.10 Å². The third-order valence-electron chi connectivity index (χ3n) is 5.30. The number of H-pyrrole nitrogens is 1. The van der Waals surface area contributed by atoms with E-state index in [4.69, 9.17) is 0 Å². The fraction of sp³-hybridized carbons (Fsp3) is 0.500. The van der Waals surface area contributed by atoms with Crippen molar-refractivity contribution in [2.45, 2.75) is 50.7 Å². The zero-order valence-electron chi connectivity index (χ0n) is 14.1. The van der Waals surface area contributed by atoms with Gasteiger partial charge in [0, 0.05) is 36.3 Å². The normalized spacial score (nSPS) is 25.7. The topological polar surface area (TPSA) is 73.9 Å². The van der Waals surface area contributed by atoms with E-state index < -0.39 is 0 Å². The van der Waals surface area contributed by atoms with Gasteiger partial charge in [-0.1, -0.05) is 12.1 Å². The van der Waals surface area contributed by atoms with Gasteiger partial charge in [-0.3, -0.25) is 9.89 Å². The minimum atomic E-state index is 0.0963. The van der Waals surface area contributed by atoms with Crippen molar-refractivity contribution in [1.82, 2.24) is 25.4 Å². The molecule has 126 valence electrons. The number of nitrogens with one attached hydrogen (secondary N) is 2. The zero-order chi connectivity index (χ0) is 16.7. The van der Waals surface area contributed by atoms with Gasteiger partial charge in [-0.05, 0) is 44.7 Å². The second-order valence-corrected chi connectivity index (χ2v) is 7.00. The van der Waals surface area contributed by atoms with Crippen molar-refractivity contribution in [3.63, 3.8) is 0 Å². The Morgan fingerprint density at radius 3 is 2.42 bits per heavy atom. The number of nitrogens with zero attached hydrogens (tertiary/aromatic N) is 3. The summed E-state index contributed by atoms with van der Waals surface area (Å²) in [7, 11) is 1.93. The Hall–Kier alpha value is -2.21. The monoisotopic (exact) mass is 325 g/mol. The van der Waals surface area contributed by atoms with Crippen LogP contribution in [0.3, 0.4) is 0 Å². The number of amides is 1. The van der Waals surface area contributed by atoms with Crippen LogP contribution in [-0.4, -0.2) is 51.2 Å². The van der Waals surface area contributed by atoms with Gasteiger partial charge >= 0.3 is 0 Å². The molecule has 1 aromatic heterocycles. The lowest BCUT2D eigenvalue weighted by Gasteiger charge is -2.35. The van der Waals surface area contributed by atoms with Gasteiger partial charge in [0.05, 0.1) is 0 Å². The van der Waals surface area contributed by atoms with E-state index >= 15 is 0 Å². The van der Waals surface area contributed by atoms with Gasteiger partial charge in [0.2, 0.25) is 0 Å². The molecule has 0 spiro atoms. The molecule has 2 saturated heterocycles. The average molecular weight is 325 g/mol. The van der Waals surface area contributed by atoms with Crippen molar-refractivity contribution in [1.29, 1.82) is 0 Å². The molecule has 0 aliphatic carbocycles. The molecule has 2 aliphatic rings. The van der Waals surface area contributed by atoms with Gasteiger partial charge in [-0.15, -0.1) is 0 Å². The zero-order valence-corrected chi connectivity index (χ0v) is 14.1. The molecule has 3 heterocycles. The van der Waals surface area contributed by atoms with Crippen LogP contribution in [0.15, 0.2) is 24.3 Å². The van der Waals surface area contributed by atoms with E-state index in [2.05, 4.69) is 20.5 Å². The maximum Gasteiger partial charge on any atom is 0.253 e. The number of rotatable bonds is 3. The first-order chi connectivity index (χ1) is 11.6. The minimum Gasteiger partial charge on any atom is -0.339 e. The Balaban J connectivity index is 1.47. The van der Waals surface area contributed by atoms with Gasteiger partial charge in [0.25, 0.3) is 5.91 Å². The summed E-state index contributed by atoms with van der Waals surface area (Å²) in [6.07, 6.45) is 4.61. The molecule has 0 saturated carbocycles. The largest absolute Gasteiger partial charge is 0.339 e. The predicted octanol–water partition coefficient (Wildman–Crippen LogP) is 2.14. The Morgan fingerprint density at radius 1 is 1.17 bits per heavy atom. The molecule has 2 fully saturated rings. The number of piperidine rings is 1. The number of aromatic amines is 1. The fourth-order valence-corrected chi connectivity index (χ4v) is 3.95. The third-order valence-corrected chi connectivity index (χ3v) is 5.30. The highest BCUT2D eigenvalue weighted by molar-refractivity contribution is 5.94. The summed E-state index contributed by atoms with van der Waals surface area (Å²) in [5.74, 6) is 1.54. The molecule has 4 rings (SSSR count). The van der Waals surface area contributed by atoms with Crippen LogP contribution in [0.25, 0.3) is 11.4 Å². The van der Waals surface area contributed by atoms with Crippen molar-refractivity contribution in [3.8, 4) is 11.4 Å². The third kappa shape index (κ3) is 2.82. The highest BCUT2D eigenvalue weighted by atomic mass is 16.2. The van der Waals surface area contributed by atoms with Crippen molar-refractivity contribution in [3.05, 3.63) is 35.7 Å².